The van der Waals surface area contributed by atoms with Crippen molar-refractivity contribution in [3.05, 3.63) is 35.7 Å². The lowest BCUT2D eigenvalue weighted by molar-refractivity contribution is -0.761. The van der Waals surface area contributed by atoms with E-state index in [0.29, 0.717) is 6.54 Å². The van der Waals surface area contributed by atoms with Gasteiger partial charge in [0, 0.05) is 18.5 Å². The number of rotatable bonds is 4. The first-order chi connectivity index (χ1) is 10.9. The van der Waals surface area contributed by atoms with Crippen molar-refractivity contribution in [1.82, 2.24) is 4.90 Å². The molecule has 0 aromatic rings. The van der Waals surface area contributed by atoms with Crippen molar-refractivity contribution in [3.8, 4) is 12.0 Å². The summed E-state index contributed by atoms with van der Waals surface area (Å²) >= 11 is 0. The molecule has 0 aromatic heterocycles. The smallest absolute Gasteiger partial charge is 0.392 e. The zero-order valence-corrected chi connectivity index (χ0v) is 13.3. The van der Waals surface area contributed by atoms with Crippen molar-refractivity contribution in [2.45, 2.75) is 25.8 Å². The fourth-order valence-electron chi connectivity index (χ4n) is 3.20. The fourth-order valence-corrected chi connectivity index (χ4v) is 3.20. The third kappa shape index (κ3) is 3.52. The van der Waals surface area contributed by atoms with Crippen LogP contribution in [-0.2, 0) is 9.59 Å². The van der Waals surface area contributed by atoms with Crippen LogP contribution < -0.4 is 0 Å². The van der Waals surface area contributed by atoms with Gasteiger partial charge >= 0.3 is 11.9 Å². The zero-order valence-electron chi connectivity index (χ0n) is 13.3. The Morgan fingerprint density at radius 1 is 1.43 bits per heavy atom. The second-order valence-corrected chi connectivity index (χ2v) is 5.76. The largest absolute Gasteiger partial charge is 0.478 e. The molecule has 2 unspecified atom stereocenters. The molecule has 0 spiro atoms. The summed E-state index contributed by atoms with van der Waals surface area (Å²) in [6.07, 6.45) is 8.45. The van der Waals surface area contributed by atoms with Gasteiger partial charge in [0.2, 0.25) is 5.70 Å². The maximum absolute atomic E-state index is 11.6. The molecule has 1 saturated heterocycles. The van der Waals surface area contributed by atoms with Crippen LogP contribution in [0.5, 0.6) is 0 Å². The van der Waals surface area contributed by atoms with Gasteiger partial charge in [0.1, 0.15) is 18.8 Å². The molecule has 6 heteroatoms. The average molecular weight is 317 g/mol. The summed E-state index contributed by atoms with van der Waals surface area (Å²) in [7, 11) is 2.03. The van der Waals surface area contributed by atoms with Crippen molar-refractivity contribution in [1.29, 1.82) is 0 Å². The maximum Gasteiger partial charge on any atom is 0.392 e. The summed E-state index contributed by atoms with van der Waals surface area (Å²) in [6, 6.07) is 3.09. The van der Waals surface area contributed by atoms with Crippen LogP contribution in [-0.4, -0.2) is 57.7 Å². The van der Waals surface area contributed by atoms with Crippen LogP contribution in [0.25, 0.3) is 0 Å². The average Bonchev–Trinajstić information content (AvgIpc) is 2.91. The fraction of sp³-hybridized carbons (Fsp3) is 0.412. The van der Waals surface area contributed by atoms with E-state index in [-0.39, 0.29) is 16.2 Å². The molecule has 0 saturated carbocycles. The lowest BCUT2D eigenvalue weighted by Gasteiger charge is -2.31. The van der Waals surface area contributed by atoms with Gasteiger partial charge in [0.05, 0.1) is 6.08 Å². The minimum absolute atomic E-state index is 0.211. The number of carboxylic acids is 2. The Balaban J connectivity index is 2.53. The van der Waals surface area contributed by atoms with Crippen LogP contribution in [0.3, 0.4) is 0 Å². The zero-order chi connectivity index (χ0) is 17.0. The standard InChI is InChI=1S/C17H20N2O4/c1-3-9-19(15(17(22)23)11-16(20)21)10-5-6-13(12-19)14-7-4-8-18(14)2/h5-6,11-12,14H,4,7-8,10H2,1-2H3,(H-,20,21,22,23)/p+1. The maximum atomic E-state index is 11.6. The van der Waals surface area contributed by atoms with Crippen molar-refractivity contribution in [2.75, 3.05) is 20.1 Å². The third-order valence-corrected chi connectivity index (χ3v) is 4.20. The van der Waals surface area contributed by atoms with Gasteiger partial charge in [-0.3, -0.25) is 4.90 Å². The van der Waals surface area contributed by atoms with Gasteiger partial charge in [-0.15, -0.1) is 0 Å². The highest BCUT2D eigenvalue weighted by atomic mass is 16.4. The van der Waals surface area contributed by atoms with Crippen molar-refractivity contribution < 1.29 is 24.3 Å². The summed E-state index contributed by atoms with van der Waals surface area (Å²) in [5, 5.41) is 18.5. The van der Waals surface area contributed by atoms with E-state index in [0.717, 1.165) is 31.0 Å². The van der Waals surface area contributed by atoms with Gasteiger partial charge in [-0.05, 0) is 38.4 Å². The van der Waals surface area contributed by atoms with E-state index in [1.165, 1.54) is 0 Å². The molecule has 2 aliphatic heterocycles. The highest BCUT2D eigenvalue weighted by Gasteiger charge is 2.39. The number of hydrogen-bond acceptors (Lipinski definition) is 3. The molecule has 0 aromatic carbocycles. The summed E-state index contributed by atoms with van der Waals surface area (Å²) in [6.45, 7) is 2.91. The molecule has 23 heavy (non-hydrogen) atoms. The minimum atomic E-state index is -1.29. The summed E-state index contributed by atoms with van der Waals surface area (Å²) in [5.74, 6) is 0.174. The second-order valence-electron chi connectivity index (χ2n) is 5.76. The lowest BCUT2D eigenvalue weighted by atomic mass is 10.0. The van der Waals surface area contributed by atoms with E-state index in [9.17, 15) is 14.7 Å². The lowest BCUT2D eigenvalue weighted by Crippen LogP contribution is -2.43. The summed E-state index contributed by atoms with van der Waals surface area (Å²) in [4.78, 5) is 24.9. The summed E-state index contributed by atoms with van der Waals surface area (Å²) < 4.78 is -0.297. The first-order valence-corrected chi connectivity index (χ1v) is 7.49. The quantitative estimate of drug-likeness (QED) is 0.465. The third-order valence-electron chi connectivity index (χ3n) is 4.20. The minimum Gasteiger partial charge on any atom is -0.478 e. The Labute approximate surface area is 135 Å². The van der Waals surface area contributed by atoms with Crippen LogP contribution in [0.1, 0.15) is 19.8 Å². The monoisotopic (exact) mass is 317 g/mol. The van der Waals surface area contributed by atoms with Gasteiger partial charge in [0.25, 0.3) is 0 Å². The molecule has 0 amide bonds. The molecule has 2 aliphatic rings. The predicted molar refractivity (Wildman–Crippen MR) is 84.8 cm³/mol. The molecule has 1 fully saturated rings. The normalized spacial score (nSPS) is 28.0. The molecule has 2 atom stereocenters. The second kappa shape index (κ2) is 6.82. The van der Waals surface area contributed by atoms with Crippen LogP contribution in [0.4, 0.5) is 0 Å². The van der Waals surface area contributed by atoms with Gasteiger partial charge in [-0.1, -0.05) is 6.08 Å². The Morgan fingerprint density at radius 3 is 2.70 bits per heavy atom. The number of likely N-dealkylation sites (tertiary alicyclic amines) is 1. The molecule has 0 bridgehead atoms. The first-order valence-electron chi connectivity index (χ1n) is 7.49. The number of nitrogens with zero attached hydrogens (tertiary/aromatic N) is 2. The Hall–Kier alpha value is -2.36. The van der Waals surface area contributed by atoms with Gasteiger partial charge in [-0.2, -0.15) is 4.48 Å². The molecule has 0 aliphatic carbocycles. The number of quaternary nitrogens is 1. The van der Waals surface area contributed by atoms with Crippen LogP contribution in [0, 0.1) is 12.0 Å². The Kier molecular flexibility index (Phi) is 5.04. The molecule has 2 rings (SSSR count). The van der Waals surface area contributed by atoms with Gasteiger partial charge < -0.3 is 10.2 Å². The van der Waals surface area contributed by atoms with E-state index in [4.69, 9.17) is 5.11 Å². The number of carboxylic acid groups (broad SMARTS) is 2. The van der Waals surface area contributed by atoms with Crippen molar-refractivity contribution in [3.63, 3.8) is 0 Å². The SMILES string of the molecule is CC#C[N+]1(C(=CC(=O)O)C(=O)O)C=C(C2CCCN2C)C=CC1. The highest BCUT2D eigenvalue weighted by Crippen LogP contribution is 2.30. The van der Waals surface area contributed by atoms with Crippen LogP contribution in [0.2, 0.25) is 0 Å². The molecular weight excluding hydrogens is 296 g/mol. The number of likely N-dealkylation sites (N-methyl/N-ethyl adjacent to an activating group) is 1. The molecule has 2 heterocycles. The van der Waals surface area contributed by atoms with Crippen LogP contribution >= 0.6 is 0 Å². The van der Waals surface area contributed by atoms with E-state index in [1.807, 2.05) is 19.2 Å². The predicted octanol–water partition coefficient (Wildman–Crippen LogP) is 1.39. The van der Waals surface area contributed by atoms with Gasteiger partial charge in [0.15, 0.2) is 0 Å². The highest BCUT2D eigenvalue weighted by molar-refractivity contribution is 5.93. The van der Waals surface area contributed by atoms with Gasteiger partial charge in [-0.25, -0.2) is 9.59 Å². The molecule has 122 valence electrons. The van der Waals surface area contributed by atoms with E-state index in [1.54, 1.807) is 13.1 Å². The van der Waals surface area contributed by atoms with Crippen LogP contribution in [0.15, 0.2) is 35.7 Å². The topological polar surface area (TPSA) is 77.8 Å². The van der Waals surface area contributed by atoms with Crippen molar-refractivity contribution in [2.24, 2.45) is 0 Å². The number of carbonyl (C=O) groups is 2. The molecule has 6 nitrogen and oxygen atoms in total. The molecule has 2 N–H and O–H groups in total. The number of hydrogen-bond donors (Lipinski definition) is 2. The molecular formula is C17H21N2O4+. The Morgan fingerprint density at radius 2 is 2.17 bits per heavy atom. The van der Waals surface area contributed by atoms with E-state index in [2.05, 4.69) is 16.9 Å². The van der Waals surface area contributed by atoms with Crippen molar-refractivity contribution >= 4 is 11.9 Å². The van der Waals surface area contributed by atoms with E-state index < -0.39 is 11.9 Å². The van der Waals surface area contributed by atoms with E-state index >= 15 is 0 Å². The summed E-state index contributed by atoms with van der Waals surface area (Å²) in [5.41, 5.74) is 0.728. The first kappa shape index (κ1) is 17.0. The Bertz CT molecular complexity index is 666. The molecule has 0 radical (unpaired) electrons. The number of aliphatic carboxylic acids is 2.